The van der Waals surface area contributed by atoms with E-state index in [-0.39, 0.29) is 22.6 Å². The van der Waals surface area contributed by atoms with Crippen molar-refractivity contribution in [3.63, 3.8) is 0 Å². The highest BCUT2D eigenvalue weighted by Crippen LogP contribution is 2.26. The minimum Gasteiger partial charge on any atom is -0.344 e. The van der Waals surface area contributed by atoms with Gasteiger partial charge in [-0.05, 0) is 28.1 Å². The van der Waals surface area contributed by atoms with Crippen LogP contribution in [-0.4, -0.2) is 38.9 Å². The first kappa shape index (κ1) is 13.0. The van der Waals surface area contributed by atoms with Crippen molar-refractivity contribution < 1.29 is 13.2 Å². The van der Waals surface area contributed by atoms with Crippen molar-refractivity contribution in [3.8, 4) is 0 Å². The van der Waals surface area contributed by atoms with Gasteiger partial charge in [-0.25, -0.2) is 13.1 Å². The number of carbonyl (C=O) groups excluding carboxylic acids is 1. The maximum Gasteiger partial charge on any atom is 0.250 e. The van der Waals surface area contributed by atoms with Crippen LogP contribution < -0.4 is 4.72 Å². The molecule has 1 aliphatic rings. The summed E-state index contributed by atoms with van der Waals surface area (Å²) in [7, 11) is -1.85. The van der Waals surface area contributed by atoms with Crippen LogP contribution in [0.3, 0.4) is 0 Å². The van der Waals surface area contributed by atoms with Crippen LogP contribution in [0.25, 0.3) is 0 Å². The molecular weight excluding hydrogens is 328 g/mol. The molecule has 1 unspecified atom stereocenters. The van der Waals surface area contributed by atoms with Gasteiger partial charge < -0.3 is 4.90 Å². The van der Waals surface area contributed by atoms with Gasteiger partial charge in [-0.15, -0.1) is 11.3 Å². The summed E-state index contributed by atoms with van der Waals surface area (Å²) in [6.07, 6.45) is 0.224. The lowest BCUT2D eigenvalue weighted by molar-refractivity contribution is -0.126. The SMILES string of the molecule is CN1CC(NS(=O)(=O)c2ccc(Br)s2)CC1=O. The van der Waals surface area contributed by atoms with Crippen molar-refractivity contribution in [1.29, 1.82) is 0 Å². The highest BCUT2D eigenvalue weighted by Gasteiger charge is 2.31. The molecule has 2 rings (SSSR count). The van der Waals surface area contributed by atoms with E-state index in [1.165, 1.54) is 11.0 Å². The minimum absolute atomic E-state index is 0.0370. The Morgan fingerprint density at radius 3 is 2.71 bits per heavy atom. The zero-order chi connectivity index (χ0) is 12.6. The maximum absolute atomic E-state index is 12.0. The minimum atomic E-state index is -3.51. The third-order valence-corrected chi connectivity index (χ3v) is 6.11. The Morgan fingerprint density at radius 2 is 2.24 bits per heavy atom. The van der Waals surface area contributed by atoms with E-state index in [0.29, 0.717) is 6.54 Å². The van der Waals surface area contributed by atoms with Crippen LogP contribution in [0.2, 0.25) is 0 Å². The van der Waals surface area contributed by atoms with Crippen LogP contribution in [0.5, 0.6) is 0 Å². The van der Waals surface area contributed by atoms with Crippen molar-refractivity contribution in [2.45, 2.75) is 16.7 Å². The summed E-state index contributed by atoms with van der Waals surface area (Å²) in [4.78, 5) is 12.8. The lowest BCUT2D eigenvalue weighted by atomic mass is 10.3. The number of nitrogens with zero attached hydrogens (tertiary/aromatic N) is 1. The Kier molecular flexibility index (Phi) is 3.58. The van der Waals surface area contributed by atoms with Crippen LogP contribution >= 0.6 is 27.3 Å². The fraction of sp³-hybridized carbons (Fsp3) is 0.444. The first-order chi connectivity index (χ1) is 7.88. The molecule has 0 radical (unpaired) electrons. The highest BCUT2D eigenvalue weighted by molar-refractivity contribution is 9.11. The molecule has 8 heteroatoms. The van der Waals surface area contributed by atoms with Crippen molar-refractivity contribution in [2.75, 3.05) is 13.6 Å². The van der Waals surface area contributed by atoms with Crippen LogP contribution in [0, 0.1) is 0 Å². The Labute approximate surface area is 112 Å². The molecule has 1 atom stereocenters. The second-order valence-electron chi connectivity index (χ2n) is 3.86. The van der Waals surface area contributed by atoms with Gasteiger partial charge in [0, 0.05) is 26.1 Å². The molecule has 0 spiro atoms. The molecule has 5 nitrogen and oxygen atoms in total. The summed E-state index contributed by atoms with van der Waals surface area (Å²) in [5.41, 5.74) is 0. The van der Waals surface area contributed by atoms with Gasteiger partial charge in [-0.3, -0.25) is 4.79 Å². The van der Waals surface area contributed by atoms with Crippen molar-refractivity contribution >= 4 is 43.2 Å². The number of rotatable bonds is 3. The average Bonchev–Trinajstić information content (AvgIpc) is 2.75. The van der Waals surface area contributed by atoms with Crippen molar-refractivity contribution in [2.24, 2.45) is 0 Å². The highest BCUT2D eigenvalue weighted by atomic mass is 79.9. The number of thiophene rings is 1. The monoisotopic (exact) mass is 338 g/mol. The Morgan fingerprint density at radius 1 is 1.53 bits per heavy atom. The van der Waals surface area contributed by atoms with E-state index in [0.717, 1.165) is 15.1 Å². The quantitative estimate of drug-likeness (QED) is 0.894. The van der Waals surface area contributed by atoms with Gasteiger partial charge in [0.25, 0.3) is 0 Å². The summed E-state index contributed by atoms with van der Waals surface area (Å²) in [5, 5.41) is 0. The van der Waals surface area contributed by atoms with E-state index < -0.39 is 10.0 Å². The molecule has 2 heterocycles. The van der Waals surface area contributed by atoms with E-state index in [1.54, 1.807) is 13.1 Å². The third-order valence-electron chi connectivity index (χ3n) is 2.48. The number of nitrogens with one attached hydrogen (secondary N) is 1. The van der Waals surface area contributed by atoms with Crippen LogP contribution in [0.1, 0.15) is 6.42 Å². The van der Waals surface area contributed by atoms with Crippen LogP contribution in [0.4, 0.5) is 0 Å². The molecule has 1 fully saturated rings. The van der Waals surface area contributed by atoms with E-state index in [1.807, 2.05) is 0 Å². The second kappa shape index (κ2) is 4.68. The van der Waals surface area contributed by atoms with E-state index >= 15 is 0 Å². The number of hydrogen-bond donors (Lipinski definition) is 1. The largest absolute Gasteiger partial charge is 0.344 e. The molecule has 17 heavy (non-hydrogen) atoms. The van der Waals surface area contributed by atoms with Crippen LogP contribution in [-0.2, 0) is 14.8 Å². The molecule has 94 valence electrons. The number of sulfonamides is 1. The third kappa shape index (κ3) is 2.87. The van der Waals surface area contributed by atoms with Gasteiger partial charge in [0.1, 0.15) is 4.21 Å². The zero-order valence-corrected chi connectivity index (χ0v) is 12.2. The number of likely N-dealkylation sites (tertiary alicyclic amines) is 1. The van der Waals surface area contributed by atoms with Crippen LogP contribution in [0.15, 0.2) is 20.1 Å². The van der Waals surface area contributed by atoms with Gasteiger partial charge in [0.2, 0.25) is 15.9 Å². The molecule has 0 aromatic carbocycles. The standard InChI is InChI=1S/C9H11BrN2O3S2/c1-12-5-6(4-8(12)13)11-17(14,15)9-3-2-7(10)16-9/h2-3,6,11H,4-5H2,1H3. The zero-order valence-electron chi connectivity index (χ0n) is 9.01. The summed E-state index contributed by atoms with van der Waals surface area (Å²) in [6, 6.07) is 2.89. The lowest BCUT2D eigenvalue weighted by Crippen LogP contribution is -2.36. The fourth-order valence-corrected chi connectivity index (χ4v) is 4.92. The summed E-state index contributed by atoms with van der Waals surface area (Å²) in [5.74, 6) is -0.0370. The molecule has 1 amide bonds. The van der Waals surface area contributed by atoms with E-state index in [9.17, 15) is 13.2 Å². The molecular formula is C9H11BrN2O3S2. The van der Waals surface area contributed by atoms with Gasteiger partial charge in [0.15, 0.2) is 0 Å². The smallest absolute Gasteiger partial charge is 0.250 e. The Bertz CT molecular complexity index is 540. The predicted octanol–water partition coefficient (Wildman–Crippen LogP) is 1.02. The van der Waals surface area contributed by atoms with Gasteiger partial charge in [0.05, 0.1) is 3.79 Å². The maximum atomic E-state index is 12.0. The number of hydrogen-bond acceptors (Lipinski definition) is 4. The topological polar surface area (TPSA) is 66.5 Å². The first-order valence-corrected chi connectivity index (χ1v) is 7.99. The molecule has 1 saturated heterocycles. The Balaban J connectivity index is 2.11. The molecule has 1 aliphatic heterocycles. The van der Waals surface area contributed by atoms with Gasteiger partial charge in [-0.2, -0.15) is 0 Å². The molecule has 0 saturated carbocycles. The number of amides is 1. The first-order valence-electron chi connectivity index (χ1n) is 4.90. The van der Waals surface area contributed by atoms with Gasteiger partial charge in [-0.1, -0.05) is 0 Å². The number of likely N-dealkylation sites (N-methyl/N-ethyl adjacent to an activating group) is 1. The predicted molar refractivity (Wildman–Crippen MR) is 68.4 cm³/mol. The lowest BCUT2D eigenvalue weighted by Gasteiger charge is -2.11. The molecule has 1 aromatic heterocycles. The van der Waals surface area contributed by atoms with E-state index in [2.05, 4.69) is 20.7 Å². The number of halogens is 1. The Hall–Kier alpha value is -0.440. The normalized spacial score (nSPS) is 21.2. The summed E-state index contributed by atoms with van der Waals surface area (Å²) in [6.45, 7) is 0.421. The molecule has 0 bridgehead atoms. The fourth-order valence-electron chi connectivity index (χ4n) is 1.66. The molecule has 0 aliphatic carbocycles. The molecule has 1 aromatic rings. The second-order valence-corrected chi connectivity index (χ2v) is 8.26. The average molecular weight is 339 g/mol. The van der Waals surface area contributed by atoms with Gasteiger partial charge >= 0.3 is 0 Å². The van der Waals surface area contributed by atoms with Crippen molar-refractivity contribution in [3.05, 3.63) is 15.9 Å². The molecule has 1 N–H and O–H groups in total. The van der Waals surface area contributed by atoms with Crippen molar-refractivity contribution in [1.82, 2.24) is 9.62 Å². The number of carbonyl (C=O) groups is 1. The summed E-state index contributed by atoms with van der Waals surface area (Å²) >= 11 is 4.37. The van der Waals surface area contributed by atoms with E-state index in [4.69, 9.17) is 0 Å². The summed E-state index contributed by atoms with van der Waals surface area (Å²) < 4.78 is 27.5.